The van der Waals surface area contributed by atoms with Crippen LogP contribution >= 0.6 is 0 Å². The maximum absolute atomic E-state index is 11.3. The molecule has 1 saturated carbocycles. The first-order chi connectivity index (χ1) is 9.65. The van der Waals surface area contributed by atoms with Crippen LogP contribution in [0, 0.1) is 6.92 Å². The van der Waals surface area contributed by atoms with Crippen LogP contribution in [0.25, 0.3) is 0 Å². The average molecular weight is 278 g/mol. The molecule has 1 heterocycles. The van der Waals surface area contributed by atoms with Gasteiger partial charge in [0.2, 0.25) is 0 Å². The Labute approximate surface area is 119 Å². The highest BCUT2D eigenvalue weighted by molar-refractivity contribution is 5.70. The minimum absolute atomic E-state index is 0.192. The predicted octanol–water partition coefficient (Wildman–Crippen LogP) is 2.07. The number of ether oxygens (including phenoxy) is 1. The van der Waals surface area contributed by atoms with Crippen LogP contribution in [0.5, 0.6) is 0 Å². The molecule has 6 heteroatoms. The smallest absolute Gasteiger partial charge is 0.307 e. The van der Waals surface area contributed by atoms with E-state index in [4.69, 9.17) is 4.74 Å². The zero-order chi connectivity index (χ0) is 14.5. The maximum Gasteiger partial charge on any atom is 0.307 e. The van der Waals surface area contributed by atoms with Crippen molar-refractivity contribution in [2.24, 2.45) is 0 Å². The molecular weight excluding hydrogens is 256 g/mol. The molecule has 1 aliphatic carbocycles. The molecule has 110 valence electrons. The molecule has 2 rings (SSSR count). The normalized spacial score (nSPS) is 13.9. The highest BCUT2D eigenvalue weighted by Gasteiger charge is 2.28. The van der Waals surface area contributed by atoms with E-state index in [9.17, 15) is 4.79 Å². The fourth-order valence-electron chi connectivity index (χ4n) is 1.99. The van der Waals surface area contributed by atoms with Gasteiger partial charge in [0.1, 0.15) is 17.5 Å². The lowest BCUT2D eigenvalue weighted by atomic mass is 10.2. The first-order valence-electron chi connectivity index (χ1n) is 7.11. The van der Waals surface area contributed by atoms with Crippen molar-refractivity contribution >= 4 is 17.6 Å². The molecule has 1 aliphatic rings. The van der Waals surface area contributed by atoms with Crippen LogP contribution in [-0.2, 0) is 9.53 Å². The van der Waals surface area contributed by atoms with Crippen LogP contribution in [0.4, 0.5) is 11.6 Å². The summed E-state index contributed by atoms with van der Waals surface area (Å²) < 4.78 is 4.90. The van der Waals surface area contributed by atoms with Crippen molar-refractivity contribution in [3.8, 4) is 0 Å². The van der Waals surface area contributed by atoms with Gasteiger partial charge in [0.25, 0.3) is 0 Å². The zero-order valence-electron chi connectivity index (χ0n) is 12.3. The Balaban J connectivity index is 2.02. The highest BCUT2D eigenvalue weighted by atomic mass is 16.5. The summed E-state index contributed by atoms with van der Waals surface area (Å²) in [5.74, 6) is 2.84. The third kappa shape index (κ3) is 3.59. The molecule has 2 N–H and O–H groups in total. The first-order valence-corrected chi connectivity index (χ1v) is 7.11. The summed E-state index contributed by atoms with van der Waals surface area (Å²) in [5.41, 5.74) is 0.973. The molecule has 6 nitrogen and oxygen atoms in total. The minimum atomic E-state index is -0.192. The molecule has 1 aromatic rings. The second-order valence-electron chi connectivity index (χ2n) is 4.91. The lowest BCUT2D eigenvalue weighted by molar-refractivity contribution is -0.142. The van der Waals surface area contributed by atoms with Crippen molar-refractivity contribution in [1.82, 2.24) is 9.97 Å². The van der Waals surface area contributed by atoms with E-state index in [1.807, 2.05) is 14.0 Å². The van der Waals surface area contributed by atoms with Crippen molar-refractivity contribution in [2.75, 3.05) is 30.8 Å². The van der Waals surface area contributed by atoms with E-state index in [1.165, 1.54) is 0 Å². The molecule has 0 spiro atoms. The number of aromatic nitrogens is 2. The SMILES string of the molecule is CCOC(=O)CCNc1nc(C2CC2)nc(NC)c1C. The molecule has 0 aromatic carbocycles. The molecule has 0 radical (unpaired) electrons. The molecule has 0 bridgehead atoms. The van der Waals surface area contributed by atoms with Crippen LogP contribution in [-0.4, -0.2) is 36.1 Å². The number of carbonyl (C=O) groups excluding carboxylic acids is 1. The van der Waals surface area contributed by atoms with Gasteiger partial charge in [0.05, 0.1) is 13.0 Å². The molecule has 0 saturated heterocycles. The quantitative estimate of drug-likeness (QED) is 0.744. The lowest BCUT2D eigenvalue weighted by Crippen LogP contribution is -2.14. The van der Waals surface area contributed by atoms with Gasteiger partial charge in [-0.05, 0) is 26.7 Å². The number of esters is 1. The van der Waals surface area contributed by atoms with Gasteiger partial charge < -0.3 is 15.4 Å². The molecule has 1 aromatic heterocycles. The number of anilines is 2. The van der Waals surface area contributed by atoms with Crippen LogP contribution in [0.15, 0.2) is 0 Å². The van der Waals surface area contributed by atoms with Crippen molar-refractivity contribution < 1.29 is 9.53 Å². The third-order valence-electron chi connectivity index (χ3n) is 3.27. The monoisotopic (exact) mass is 278 g/mol. The summed E-state index contributed by atoms with van der Waals surface area (Å²) in [4.78, 5) is 20.4. The van der Waals surface area contributed by atoms with Gasteiger partial charge in [-0.1, -0.05) is 0 Å². The minimum Gasteiger partial charge on any atom is -0.466 e. The van der Waals surface area contributed by atoms with E-state index >= 15 is 0 Å². The molecule has 20 heavy (non-hydrogen) atoms. The summed E-state index contributed by atoms with van der Waals surface area (Å²) in [6.07, 6.45) is 2.66. The van der Waals surface area contributed by atoms with Gasteiger partial charge in [0.15, 0.2) is 0 Å². The van der Waals surface area contributed by atoms with Gasteiger partial charge in [-0.2, -0.15) is 0 Å². The van der Waals surface area contributed by atoms with Crippen LogP contribution < -0.4 is 10.6 Å². The lowest BCUT2D eigenvalue weighted by Gasteiger charge is -2.13. The number of carbonyl (C=O) groups is 1. The van der Waals surface area contributed by atoms with E-state index in [2.05, 4.69) is 20.6 Å². The van der Waals surface area contributed by atoms with Gasteiger partial charge in [-0.3, -0.25) is 4.79 Å². The number of nitrogens with one attached hydrogen (secondary N) is 2. The molecule has 1 fully saturated rings. The topological polar surface area (TPSA) is 76.1 Å². The van der Waals surface area contributed by atoms with E-state index in [1.54, 1.807) is 6.92 Å². The van der Waals surface area contributed by atoms with Gasteiger partial charge in [0, 0.05) is 25.1 Å². The van der Waals surface area contributed by atoms with Gasteiger partial charge >= 0.3 is 5.97 Å². The number of rotatable bonds is 7. The number of nitrogens with zero attached hydrogens (tertiary/aromatic N) is 2. The molecule has 0 atom stereocenters. The van der Waals surface area contributed by atoms with Crippen molar-refractivity contribution in [3.05, 3.63) is 11.4 Å². The summed E-state index contributed by atoms with van der Waals surface area (Å²) in [5, 5.41) is 6.30. The largest absolute Gasteiger partial charge is 0.466 e. The number of hydrogen-bond donors (Lipinski definition) is 2. The van der Waals surface area contributed by atoms with Crippen LogP contribution in [0.1, 0.15) is 43.5 Å². The number of hydrogen-bond acceptors (Lipinski definition) is 6. The van der Waals surface area contributed by atoms with Crippen LogP contribution in [0.2, 0.25) is 0 Å². The van der Waals surface area contributed by atoms with Crippen molar-refractivity contribution in [2.45, 2.75) is 39.0 Å². The zero-order valence-corrected chi connectivity index (χ0v) is 12.3. The fourth-order valence-corrected chi connectivity index (χ4v) is 1.99. The van der Waals surface area contributed by atoms with Gasteiger partial charge in [-0.15, -0.1) is 0 Å². The summed E-state index contributed by atoms with van der Waals surface area (Å²) in [7, 11) is 1.86. The predicted molar refractivity (Wildman–Crippen MR) is 78.0 cm³/mol. The Hall–Kier alpha value is -1.85. The van der Waals surface area contributed by atoms with Crippen molar-refractivity contribution in [1.29, 1.82) is 0 Å². The second kappa shape index (κ2) is 6.54. The average Bonchev–Trinajstić information content (AvgIpc) is 3.25. The Morgan fingerprint density at radius 2 is 2.05 bits per heavy atom. The Kier molecular flexibility index (Phi) is 4.76. The molecule has 0 amide bonds. The van der Waals surface area contributed by atoms with Crippen LogP contribution in [0.3, 0.4) is 0 Å². The standard InChI is InChI=1S/C14H22N4O2/c1-4-20-11(19)7-8-16-13-9(2)12(15-3)17-14(18-13)10-5-6-10/h10H,4-8H2,1-3H3,(H2,15,16,17,18). The van der Waals surface area contributed by atoms with E-state index in [0.29, 0.717) is 25.5 Å². The van der Waals surface area contributed by atoms with E-state index < -0.39 is 0 Å². The Morgan fingerprint density at radius 3 is 2.65 bits per heavy atom. The molecule has 0 unspecified atom stereocenters. The Bertz CT molecular complexity index is 486. The first kappa shape index (κ1) is 14.6. The molecule has 0 aliphatic heterocycles. The van der Waals surface area contributed by atoms with E-state index in [0.717, 1.165) is 35.9 Å². The summed E-state index contributed by atoms with van der Waals surface area (Å²) in [6, 6.07) is 0. The second-order valence-corrected chi connectivity index (χ2v) is 4.91. The molecular formula is C14H22N4O2. The summed E-state index contributed by atoms with van der Waals surface area (Å²) >= 11 is 0. The Morgan fingerprint density at radius 1 is 1.35 bits per heavy atom. The highest BCUT2D eigenvalue weighted by Crippen LogP contribution is 2.39. The van der Waals surface area contributed by atoms with Crippen molar-refractivity contribution in [3.63, 3.8) is 0 Å². The van der Waals surface area contributed by atoms with E-state index in [-0.39, 0.29) is 5.97 Å². The van der Waals surface area contributed by atoms with Gasteiger partial charge in [-0.25, -0.2) is 9.97 Å². The fraction of sp³-hybridized carbons (Fsp3) is 0.643. The summed E-state index contributed by atoms with van der Waals surface area (Å²) in [6.45, 7) is 4.71. The third-order valence-corrected chi connectivity index (χ3v) is 3.27. The maximum atomic E-state index is 11.3.